The van der Waals surface area contributed by atoms with Crippen LogP contribution in [-0.2, 0) is 24.2 Å². The molecule has 204 valence electrons. The molecule has 3 unspecified atom stereocenters. The first-order valence-electron chi connectivity index (χ1n) is 12.8. The number of nitrogens with two attached hydrogens (primary N) is 1. The summed E-state index contributed by atoms with van der Waals surface area (Å²) in [7, 11) is 0. The molecule has 0 aromatic heterocycles. The Kier molecular flexibility index (Phi) is 8.52. The van der Waals surface area contributed by atoms with Crippen molar-refractivity contribution in [2.75, 3.05) is 6.54 Å². The summed E-state index contributed by atoms with van der Waals surface area (Å²) in [4.78, 5) is 42.1. The van der Waals surface area contributed by atoms with Gasteiger partial charge in [0.15, 0.2) is 0 Å². The number of carbonyl (C=O) groups is 3. The summed E-state index contributed by atoms with van der Waals surface area (Å²) in [5.41, 5.74) is 8.77. The Labute approximate surface area is 225 Å². The summed E-state index contributed by atoms with van der Waals surface area (Å²) < 4.78 is 27.3. The van der Waals surface area contributed by atoms with E-state index in [0.29, 0.717) is 0 Å². The van der Waals surface area contributed by atoms with Crippen LogP contribution in [-0.4, -0.2) is 57.4 Å². The Morgan fingerprint density at radius 2 is 1.51 bits per heavy atom. The van der Waals surface area contributed by atoms with Crippen LogP contribution < -0.4 is 5.73 Å². The summed E-state index contributed by atoms with van der Waals surface area (Å²) in [6.07, 6.45) is -0.508. The van der Waals surface area contributed by atoms with Crippen molar-refractivity contribution in [2.45, 2.75) is 51.4 Å². The number of fused-ring (bicyclic) bond motifs is 1. The van der Waals surface area contributed by atoms with Crippen molar-refractivity contribution < 1.29 is 28.3 Å². The lowest BCUT2D eigenvalue weighted by Gasteiger charge is -2.32. The minimum atomic E-state index is -1.26. The zero-order valence-corrected chi connectivity index (χ0v) is 21.8. The molecule has 3 N–H and O–H groups in total. The average molecular weight is 536 g/mol. The topological polar surface area (TPSA) is 104 Å². The number of aryl methyl sites for hydroxylation is 1. The minimum absolute atomic E-state index is 0.0306. The first kappa shape index (κ1) is 28.1. The van der Waals surface area contributed by atoms with Crippen molar-refractivity contribution in [1.82, 2.24) is 9.80 Å². The van der Waals surface area contributed by atoms with Crippen molar-refractivity contribution >= 4 is 17.7 Å². The lowest BCUT2D eigenvalue weighted by molar-refractivity contribution is -0.137. The molecule has 1 aliphatic rings. The fourth-order valence-corrected chi connectivity index (χ4v) is 4.83. The predicted molar refractivity (Wildman–Crippen MR) is 142 cm³/mol. The number of benzene rings is 3. The van der Waals surface area contributed by atoms with E-state index in [1.54, 1.807) is 24.3 Å². The molecule has 3 amide bonds. The third kappa shape index (κ3) is 6.21. The van der Waals surface area contributed by atoms with Crippen LogP contribution in [0.1, 0.15) is 51.3 Å². The average Bonchev–Trinajstić information content (AvgIpc) is 3.16. The van der Waals surface area contributed by atoms with Crippen LogP contribution in [0.3, 0.4) is 0 Å². The van der Waals surface area contributed by atoms with E-state index in [0.717, 1.165) is 40.6 Å². The van der Waals surface area contributed by atoms with Gasteiger partial charge in [-0.1, -0.05) is 43.3 Å². The predicted octanol–water partition coefficient (Wildman–Crippen LogP) is 3.47. The third-order valence-electron chi connectivity index (χ3n) is 6.95. The highest BCUT2D eigenvalue weighted by Gasteiger charge is 2.42. The van der Waals surface area contributed by atoms with Gasteiger partial charge in [0.25, 0.3) is 11.8 Å². The zero-order chi connectivity index (χ0) is 28.3. The molecule has 0 radical (unpaired) electrons. The molecule has 3 atom stereocenters. The smallest absolute Gasteiger partial charge is 0.262 e. The molecular weight excluding hydrogens is 504 g/mol. The maximum Gasteiger partial charge on any atom is 0.262 e. The number of amides is 3. The van der Waals surface area contributed by atoms with E-state index in [-0.39, 0.29) is 36.2 Å². The van der Waals surface area contributed by atoms with Gasteiger partial charge in [-0.25, -0.2) is 8.78 Å². The molecule has 0 saturated heterocycles. The van der Waals surface area contributed by atoms with Gasteiger partial charge in [0.2, 0.25) is 5.91 Å². The number of aliphatic hydroxyl groups is 1. The molecular formula is C30H31F2N3O4. The van der Waals surface area contributed by atoms with E-state index in [1.807, 2.05) is 31.2 Å². The number of carbonyl (C=O) groups excluding carboxylic acids is 3. The Hall–Kier alpha value is -3.95. The number of hydrogen-bond acceptors (Lipinski definition) is 5. The fraction of sp³-hybridized carbons (Fsp3) is 0.300. The second-order valence-electron chi connectivity index (χ2n) is 9.81. The molecule has 9 heteroatoms. The lowest BCUT2D eigenvalue weighted by Crippen LogP contribution is -2.53. The molecule has 0 bridgehead atoms. The van der Waals surface area contributed by atoms with Crippen LogP contribution in [0.5, 0.6) is 0 Å². The molecule has 0 fully saturated rings. The van der Waals surface area contributed by atoms with Crippen molar-refractivity contribution in [3.05, 3.63) is 106 Å². The molecule has 1 heterocycles. The van der Waals surface area contributed by atoms with Gasteiger partial charge >= 0.3 is 0 Å². The first-order chi connectivity index (χ1) is 18.6. The summed E-state index contributed by atoms with van der Waals surface area (Å²) in [6, 6.07) is 14.9. The van der Waals surface area contributed by atoms with Gasteiger partial charge in [0, 0.05) is 25.2 Å². The number of rotatable bonds is 10. The Bertz CT molecular complexity index is 1340. The summed E-state index contributed by atoms with van der Waals surface area (Å²) in [6.45, 7) is 3.35. The largest absolute Gasteiger partial charge is 0.390 e. The van der Waals surface area contributed by atoms with E-state index >= 15 is 0 Å². The van der Waals surface area contributed by atoms with Crippen molar-refractivity contribution in [3.8, 4) is 0 Å². The van der Waals surface area contributed by atoms with Crippen LogP contribution in [0, 0.1) is 11.6 Å². The molecule has 39 heavy (non-hydrogen) atoms. The molecule has 4 rings (SSSR count). The Balaban J connectivity index is 1.56. The van der Waals surface area contributed by atoms with Gasteiger partial charge in [-0.15, -0.1) is 0 Å². The van der Waals surface area contributed by atoms with E-state index in [9.17, 15) is 28.3 Å². The quantitative estimate of drug-likeness (QED) is 0.387. The Morgan fingerprint density at radius 3 is 2.10 bits per heavy atom. The number of aliphatic hydroxyl groups excluding tert-OH is 1. The number of imide groups is 1. The monoisotopic (exact) mass is 535 g/mol. The van der Waals surface area contributed by atoms with Crippen LogP contribution in [0.2, 0.25) is 0 Å². The summed E-state index contributed by atoms with van der Waals surface area (Å²) >= 11 is 0. The van der Waals surface area contributed by atoms with Gasteiger partial charge in [-0.05, 0) is 60.7 Å². The van der Waals surface area contributed by atoms with Gasteiger partial charge in [0.05, 0.1) is 17.2 Å². The van der Waals surface area contributed by atoms with Crippen LogP contribution in [0.15, 0.2) is 66.7 Å². The molecule has 3 aromatic carbocycles. The second-order valence-corrected chi connectivity index (χ2v) is 9.81. The number of halogens is 2. The maximum atomic E-state index is 13.8. The Morgan fingerprint density at radius 1 is 0.923 bits per heavy atom. The van der Waals surface area contributed by atoms with E-state index in [1.165, 1.54) is 11.8 Å². The van der Waals surface area contributed by atoms with Crippen LogP contribution in [0.4, 0.5) is 8.78 Å². The summed E-state index contributed by atoms with van der Waals surface area (Å²) in [5, 5.41) is 11.0. The normalized spacial score (nSPS) is 15.2. The van der Waals surface area contributed by atoms with Crippen molar-refractivity contribution in [2.24, 2.45) is 5.73 Å². The van der Waals surface area contributed by atoms with Crippen molar-refractivity contribution in [3.63, 3.8) is 0 Å². The van der Waals surface area contributed by atoms with Gasteiger partial charge in [-0.3, -0.25) is 19.3 Å². The molecule has 0 aliphatic carbocycles. The SMILES string of the molecule is CCc1cccc(CN(CC(O)C(N)Cc2cc(F)cc(F)c2)C(=O)C(C)N2C(=O)c3ccccc3C2=O)c1. The first-order valence-corrected chi connectivity index (χ1v) is 12.8. The molecule has 1 aliphatic heterocycles. The number of hydrogen-bond donors (Lipinski definition) is 2. The van der Waals surface area contributed by atoms with Gasteiger partial charge in [-0.2, -0.15) is 0 Å². The van der Waals surface area contributed by atoms with Crippen molar-refractivity contribution in [1.29, 1.82) is 0 Å². The molecule has 3 aromatic rings. The maximum absolute atomic E-state index is 13.8. The van der Waals surface area contributed by atoms with Gasteiger partial charge < -0.3 is 15.7 Å². The van der Waals surface area contributed by atoms with Crippen LogP contribution >= 0.6 is 0 Å². The van der Waals surface area contributed by atoms with E-state index in [2.05, 4.69) is 0 Å². The molecule has 0 spiro atoms. The number of nitrogens with zero attached hydrogens (tertiary/aromatic N) is 2. The second kappa shape index (κ2) is 11.8. The van der Waals surface area contributed by atoms with E-state index < -0.39 is 47.5 Å². The minimum Gasteiger partial charge on any atom is -0.390 e. The zero-order valence-electron chi connectivity index (χ0n) is 21.8. The van der Waals surface area contributed by atoms with E-state index in [4.69, 9.17) is 5.73 Å². The summed E-state index contributed by atoms with van der Waals surface area (Å²) in [5.74, 6) is -3.18. The molecule has 0 saturated carbocycles. The third-order valence-corrected chi connectivity index (χ3v) is 6.95. The highest BCUT2D eigenvalue weighted by atomic mass is 19.1. The highest BCUT2D eigenvalue weighted by molar-refractivity contribution is 6.22. The molecule has 7 nitrogen and oxygen atoms in total. The fourth-order valence-electron chi connectivity index (χ4n) is 4.83. The van der Waals surface area contributed by atoms with Gasteiger partial charge in [0.1, 0.15) is 17.7 Å². The lowest BCUT2D eigenvalue weighted by atomic mass is 10.0. The highest BCUT2D eigenvalue weighted by Crippen LogP contribution is 2.26. The standard InChI is InChI=1S/C30H31F2N3O4/c1-3-19-7-6-8-20(11-19)16-34(17-27(36)26(33)14-21-12-22(31)15-23(32)13-21)28(37)18(2)35-29(38)24-9-4-5-10-25(24)30(35)39/h4-13,15,18,26-27,36H,3,14,16-17,33H2,1-2H3. The van der Waals surface area contributed by atoms with Crippen LogP contribution in [0.25, 0.3) is 0 Å².